The molecule has 4 atom stereocenters. The first-order valence-corrected chi connectivity index (χ1v) is 3.74. The third-order valence-corrected chi connectivity index (χ3v) is 1.92. The van der Waals surface area contributed by atoms with E-state index in [1.165, 1.54) is 14.2 Å². The summed E-state index contributed by atoms with van der Waals surface area (Å²) in [5.41, 5.74) is 0. The number of aliphatic hydroxyl groups excluding tert-OH is 2. The fraction of sp³-hybridized carbons (Fsp3) is 1.00. The van der Waals surface area contributed by atoms with Crippen molar-refractivity contribution < 1.29 is 24.4 Å². The van der Waals surface area contributed by atoms with Gasteiger partial charge < -0.3 is 24.4 Å². The van der Waals surface area contributed by atoms with Gasteiger partial charge in [-0.2, -0.15) is 0 Å². The molecule has 1 heterocycles. The number of rotatable bonds is 3. The quantitative estimate of drug-likeness (QED) is 0.563. The first-order valence-electron chi connectivity index (χ1n) is 3.74. The molecule has 0 aromatic rings. The van der Waals surface area contributed by atoms with Crippen LogP contribution in [0.4, 0.5) is 0 Å². The summed E-state index contributed by atoms with van der Waals surface area (Å²) in [6, 6.07) is 0. The fourth-order valence-corrected chi connectivity index (χ4v) is 1.28. The molecule has 0 spiro atoms. The van der Waals surface area contributed by atoms with Crippen molar-refractivity contribution in [2.45, 2.75) is 24.6 Å². The van der Waals surface area contributed by atoms with Crippen LogP contribution in [0.2, 0.25) is 0 Å². The molecule has 1 fully saturated rings. The van der Waals surface area contributed by atoms with Gasteiger partial charge in [0, 0.05) is 14.2 Å². The van der Waals surface area contributed by atoms with Gasteiger partial charge in [-0.3, -0.25) is 0 Å². The maximum absolute atomic E-state index is 9.46. The van der Waals surface area contributed by atoms with Crippen LogP contribution in [-0.2, 0) is 14.2 Å². The van der Waals surface area contributed by atoms with Gasteiger partial charge in [-0.05, 0) is 0 Å². The largest absolute Gasteiger partial charge is 0.387 e. The van der Waals surface area contributed by atoms with Crippen molar-refractivity contribution in [2.75, 3.05) is 20.8 Å². The van der Waals surface area contributed by atoms with Gasteiger partial charge in [0.15, 0.2) is 6.29 Å². The van der Waals surface area contributed by atoms with Crippen molar-refractivity contribution in [3.05, 3.63) is 0 Å². The summed E-state index contributed by atoms with van der Waals surface area (Å²) in [6.45, 7) is 0.248. The van der Waals surface area contributed by atoms with Crippen molar-refractivity contribution in [3.8, 4) is 0 Å². The lowest BCUT2D eigenvalue weighted by Gasteiger charge is -2.14. The lowest BCUT2D eigenvalue weighted by Crippen LogP contribution is -2.35. The van der Waals surface area contributed by atoms with E-state index >= 15 is 0 Å². The molecule has 0 aromatic carbocycles. The first kappa shape index (κ1) is 9.88. The molecule has 0 aromatic heterocycles. The Bertz CT molecular complexity index is 140. The van der Waals surface area contributed by atoms with E-state index in [0.29, 0.717) is 0 Å². The van der Waals surface area contributed by atoms with E-state index < -0.39 is 24.6 Å². The van der Waals surface area contributed by atoms with Crippen LogP contribution in [-0.4, -0.2) is 55.6 Å². The molecule has 1 rings (SSSR count). The highest BCUT2D eigenvalue weighted by Crippen LogP contribution is 2.21. The van der Waals surface area contributed by atoms with Crippen molar-refractivity contribution in [1.82, 2.24) is 0 Å². The Hall–Kier alpha value is -0.200. The van der Waals surface area contributed by atoms with E-state index in [2.05, 4.69) is 0 Å². The monoisotopic (exact) mass is 178 g/mol. The van der Waals surface area contributed by atoms with Crippen LogP contribution in [0.15, 0.2) is 0 Å². The molecule has 72 valence electrons. The average molecular weight is 178 g/mol. The lowest BCUT2D eigenvalue weighted by atomic mass is 10.1. The van der Waals surface area contributed by atoms with Gasteiger partial charge in [0.05, 0.1) is 6.61 Å². The van der Waals surface area contributed by atoms with Gasteiger partial charge in [-0.25, -0.2) is 0 Å². The van der Waals surface area contributed by atoms with E-state index in [4.69, 9.17) is 14.2 Å². The van der Waals surface area contributed by atoms with Crippen LogP contribution >= 0.6 is 0 Å². The molecule has 0 unspecified atom stereocenters. The molecule has 0 aliphatic carbocycles. The smallest absolute Gasteiger partial charge is 0.184 e. The minimum absolute atomic E-state index is 0.248. The lowest BCUT2D eigenvalue weighted by molar-refractivity contribution is -0.141. The second kappa shape index (κ2) is 4.15. The second-order valence-electron chi connectivity index (χ2n) is 2.71. The Kier molecular flexibility index (Phi) is 3.42. The molecule has 5 heteroatoms. The van der Waals surface area contributed by atoms with Gasteiger partial charge in [-0.15, -0.1) is 0 Å². The molecule has 12 heavy (non-hydrogen) atoms. The van der Waals surface area contributed by atoms with Gasteiger partial charge in [0.1, 0.15) is 18.3 Å². The Labute approximate surface area is 70.9 Å². The maximum Gasteiger partial charge on any atom is 0.184 e. The predicted molar refractivity (Wildman–Crippen MR) is 39.6 cm³/mol. The minimum Gasteiger partial charge on any atom is -0.387 e. The number of aliphatic hydroxyl groups is 2. The number of hydrogen-bond donors (Lipinski definition) is 2. The third kappa shape index (κ3) is 1.75. The standard InChI is InChI=1S/C7H14O5/c1-10-3-4-5(8)6(11-2)7(9)12-4/h4-9H,3H2,1-2H3/t4-,5-,6+,7+/m0/s1. The topological polar surface area (TPSA) is 68.2 Å². The van der Waals surface area contributed by atoms with Crippen molar-refractivity contribution in [1.29, 1.82) is 0 Å². The fourth-order valence-electron chi connectivity index (χ4n) is 1.28. The molecule has 1 saturated heterocycles. The Morgan fingerprint density at radius 1 is 1.33 bits per heavy atom. The van der Waals surface area contributed by atoms with Gasteiger partial charge in [-0.1, -0.05) is 0 Å². The third-order valence-electron chi connectivity index (χ3n) is 1.92. The van der Waals surface area contributed by atoms with E-state index in [0.717, 1.165) is 0 Å². The van der Waals surface area contributed by atoms with Crippen molar-refractivity contribution in [3.63, 3.8) is 0 Å². The molecule has 1 aliphatic heterocycles. The van der Waals surface area contributed by atoms with Gasteiger partial charge in [0.25, 0.3) is 0 Å². The van der Waals surface area contributed by atoms with Crippen LogP contribution in [0, 0.1) is 0 Å². The number of hydrogen-bond acceptors (Lipinski definition) is 5. The summed E-state index contributed by atoms with van der Waals surface area (Å²) in [4.78, 5) is 0. The Balaban J connectivity index is 2.49. The molecule has 0 bridgehead atoms. The van der Waals surface area contributed by atoms with Crippen LogP contribution in [0.25, 0.3) is 0 Å². The summed E-state index contributed by atoms with van der Waals surface area (Å²) < 4.78 is 14.6. The van der Waals surface area contributed by atoms with E-state index in [1.54, 1.807) is 0 Å². The zero-order valence-corrected chi connectivity index (χ0v) is 7.14. The summed E-state index contributed by atoms with van der Waals surface area (Å²) in [6.07, 6.45) is -3.07. The average Bonchev–Trinajstić information content (AvgIpc) is 2.29. The Morgan fingerprint density at radius 3 is 2.42 bits per heavy atom. The van der Waals surface area contributed by atoms with Gasteiger partial charge in [0.2, 0.25) is 0 Å². The molecule has 2 N–H and O–H groups in total. The van der Waals surface area contributed by atoms with Crippen LogP contribution < -0.4 is 0 Å². The maximum atomic E-state index is 9.46. The SMILES string of the molecule is COC[C@@H]1O[C@@H](O)[C@H](OC)[C@H]1O. The summed E-state index contributed by atoms with van der Waals surface area (Å²) in [7, 11) is 2.91. The molecule has 1 aliphatic rings. The zero-order valence-electron chi connectivity index (χ0n) is 7.14. The highest BCUT2D eigenvalue weighted by molar-refractivity contribution is 4.86. The molecule has 0 amide bonds. The van der Waals surface area contributed by atoms with Gasteiger partial charge >= 0.3 is 0 Å². The zero-order chi connectivity index (χ0) is 9.14. The van der Waals surface area contributed by atoms with Crippen LogP contribution in [0.3, 0.4) is 0 Å². The molecule has 5 nitrogen and oxygen atoms in total. The van der Waals surface area contributed by atoms with E-state index in [-0.39, 0.29) is 6.61 Å². The predicted octanol–water partition coefficient (Wildman–Crippen LogP) is -1.27. The van der Waals surface area contributed by atoms with Crippen molar-refractivity contribution in [2.24, 2.45) is 0 Å². The molecule has 0 radical (unpaired) electrons. The minimum atomic E-state index is -1.06. The summed E-state index contributed by atoms with van der Waals surface area (Å²) in [5, 5.41) is 18.7. The number of methoxy groups -OCH3 is 2. The molecular formula is C7H14O5. The normalized spacial score (nSPS) is 42.0. The van der Waals surface area contributed by atoms with Crippen LogP contribution in [0.1, 0.15) is 0 Å². The van der Waals surface area contributed by atoms with E-state index in [1.807, 2.05) is 0 Å². The van der Waals surface area contributed by atoms with Crippen molar-refractivity contribution >= 4 is 0 Å². The van der Waals surface area contributed by atoms with Crippen LogP contribution in [0.5, 0.6) is 0 Å². The first-order chi connectivity index (χ1) is 5.70. The summed E-state index contributed by atoms with van der Waals surface area (Å²) >= 11 is 0. The number of ether oxygens (including phenoxy) is 3. The van der Waals surface area contributed by atoms with E-state index in [9.17, 15) is 10.2 Å². The highest BCUT2D eigenvalue weighted by atomic mass is 16.7. The molecule has 0 saturated carbocycles. The summed E-state index contributed by atoms with van der Waals surface area (Å²) in [5.74, 6) is 0. The molecular weight excluding hydrogens is 164 g/mol. The second-order valence-corrected chi connectivity index (χ2v) is 2.71. The highest BCUT2D eigenvalue weighted by Gasteiger charge is 2.42. The Morgan fingerprint density at radius 2 is 2.00 bits per heavy atom.